The molecule has 1 atom stereocenters. The SMILES string of the molecule is CCNC(c1ccc(C(C)C)cc1)c1cc(C)cc(F)c1. The fourth-order valence-corrected chi connectivity index (χ4v) is 2.64. The van der Waals surface area contributed by atoms with Crippen LogP contribution in [0, 0.1) is 12.7 Å². The van der Waals surface area contributed by atoms with E-state index in [4.69, 9.17) is 0 Å². The Kier molecular flexibility index (Phi) is 5.13. The minimum Gasteiger partial charge on any atom is -0.307 e. The van der Waals surface area contributed by atoms with Gasteiger partial charge in [-0.15, -0.1) is 0 Å². The summed E-state index contributed by atoms with van der Waals surface area (Å²) in [5.41, 5.74) is 4.43. The van der Waals surface area contributed by atoms with Gasteiger partial charge in [-0.2, -0.15) is 0 Å². The number of hydrogen-bond acceptors (Lipinski definition) is 1. The summed E-state index contributed by atoms with van der Waals surface area (Å²) in [5.74, 6) is 0.347. The second-order valence-corrected chi connectivity index (χ2v) is 5.87. The molecule has 2 aromatic carbocycles. The van der Waals surface area contributed by atoms with E-state index in [1.165, 1.54) is 11.1 Å². The van der Waals surface area contributed by atoms with Crippen molar-refractivity contribution in [2.75, 3.05) is 6.54 Å². The predicted molar refractivity (Wildman–Crippen MR) is 87.2 cm³/mol. The van der Waals surface area contributed by atoms with Crippen LogP contribution in [0.2, 0.25) is 0 Å². The Balaban J connectivity index is 2.38. The van der Waals surface area contributed by atoms with Gasteiger partial charge in [0.25, 0.3) is 0 Å². The fraction of sp³-hybridized carbons (Fsp3) is 0.368. The molecule has 0 aliphatic heterocycles. The Hall–Kier alpha value is -1.67. The highest BCUT2D eigenvalue weighted by molar-refractivity contribution is 5.36. The Morgan fingerprint density at radius 2 is 1.57 bits per heavy atom. The Morgan fingerprint density at radius 1 is 0.952 bits per heavy atom. The molecule has 2 rings (SSSR count). The van der Waals surface area contributed by atoms with E-state index in [1.807, 2.05) is 13.0 Å². The summed E-state index contributed by atoms with van der Waals surface area (Å²) < 4.78 is 13.7. The van der Waals surface area contributed by atoms with Crippen LogP contribution >= 0.6 is 0 Å². The van der Waals surface area contributed by atoms with Crippen molar-refractivity contribution in [1.29, 1.82) is 0 Å². The number of rotatable bonds is 5. The lowest BCUT2D eigenvalue weighted by Crippen LogP contribution is -2.22. The normalized spacial score (nSPS) is 12.7. The first-order chi connectivity index (χ1) is 10.0. The van der Waals surface area contributed by atoms with Crippen LogP contribution in [0.25, 0.3) is 0 Å². The highest BCUT2D eigenvalue weighted by atomic mass is 19.1. The zero-order chi connectivity index (χ0) is 15.4. The second-order valence-electron chi connectivity index (χ2n) is 5.87. The van der Waals surface area contributed by atoms with Gasteiger partial charge in [-0.25, -0.2) is 4.39 Å². The largest absolute Gasteiger partial charge is 0.307 e. The van der Waals surface area contributed by atoms with Gasteiger partial charge in [0.2, 0.25) is 0 Å². The molecule has 21 heavy (non-hydrogen) atoms. The fourth-order valence-electron chi connectivity index (χ4n) is 2.64. The summed E-state index contributed by atoms with van der Waals surface area (Å²) in [4.78, 5) is 0. The summed E-state index contributed by atoms with van der Waals surface area (Å²) in [7, 11) is 0. The molecular weight excluding hydrogens is 261 g/mol. The van der Waals surface area contributed by atoms with Gasteiger partial charge in [0, 0.05) is 0 Å². The number of halogens is 1. The predicted octanol–water partition coefficient (Wildman–Crippen LogP) is 4.96. The Labute approximate surface area is 127 Å². The number of nitrogens with one attached hydrogen (secondary N) is 1. The van der Waals surface area contributed by atoms with E-state index in [9.17, 15) is 4.39 Å². The third-order valence-corrected chi connectivity index (χ3v) is 3.74. The minimum absolute atomic E-state index is 0.0330. The van der Waals surface area contributed by atoms with Gasteiger partial charge in [0.1, 0.15) is 5.82 Å². The molecule has 0 saturated heterocycles. The van der Waals surface area contributed by atoms with Gasteiger partial charge in [-0.1, -0.05) is 51.1 Å². The molecule has 0 aliphatic rings. The molecule has 1 nitrogen and oxygen atoms in total. The van der Waals surface area contributed by atoms with Gasteiger partial charge < -0.3 is 5.32 Å². The average molecular weight is 285 g/mol. The van der Waals surface area contributed by atoms with E-state index in [0.717, 1.165) is 17.7 Å². The summed E-state index contributed by atoms with van der Waals surface area (Å²) in [6.07, 6.45) is 0. The molecule has 0 spiro atoms. The van der Waals surface area contributed by atoms with Gasteiger partial charge in [-0.3, -0.25) is 0 Å². The van der Waals surface area contributed by atoms with Crippen molar-refractivity contribution >= 4 is 0 Å². The number of benzene rings is 2. The van der Waals surface area contributed by atoms with Crippen LogP contribution in [-0.2, 0) is 0 Å². The van der Waals surface area contributed by atoms with E-state index < -0.39 is 0 Å². The van der Waals surface area contributed by atoms with Crippen LogP contribution in [0.1, 0.15) is 55.0 Å². The zero-order valence-corrected chi connectivity index (χ0v) is 13.3. The molecule has 0 aromatic heterocycles. The lowest BCUT2D eigenvalue weighted by Gasteiger charge is -2.20. The lowest BCUT2D eigenvalue weighted by atomic mass is 9.94. The van der Waals surface area contributed by atoms with Crippen LogP contribution < -0.4 is 5.32 Å². The van der Waals surface area contributed by atoms with E-state index in [1.54, 1.807) is 12.1 Å². The first-order valence-corrected chi connectivity index (χ1v) is 7.61. The van der Waals surface area contributed by atoms with Crippen LogP contribution in [0.5, 0.6) is 0 Å². The van der Waals surface area contributed by atoms with Crippen LogP contribution in [0.3, 0.4) is 0 Å². The molecule has 0 radical (unpaired) electrons. The van der Waals surface area contributed by atoms with E-state index in [0.29, 0.717) is 5.92 Å². The summed E-state index contributed by atoms with van der Waals surface area (Å²) in [5, 5.41) is 3.45. The molecule has 0 bridgehead atoms. The monoisotopic (exact) mass is 285 g/mol. The Bertz CT molecular complexity index is 567. The maximum Gasteiger partial charge on any atom is 0.123 e. The first-order valence-electron chi connectivity index (χ1n) is 7.61. The topological polar surface area (TPSA) is 12.0 Å². The summed E-state index contributed by atoms with van der Waals surface area (Å²) in [6, 6.07) is 13.9. The highest BCUT2D eigenvalue weighted by Gasteiger charge is 2.14. The first kappa shape index (κ1) is 15.7. The van der Waals surface area contributed by atoms with Gasteiger partial charge >= 0.3 is 0 Å². The highest BCUT2D eigenvalue weighted by Crippen LogP contribution is 2.25. The van der Waals surface area contributed by atoms with Crippen molar-refractivity contribution < 1.29 is 4.39 Å². The third-order valence-electron chi connectivity index (χ3n) is 3.74. The van der Waals surface area contributed by atoms with Crippen LogP contribution in [-0.4, -0.2) is 6.54 Å². The minimum atomic E-state index is -0.174. The van der Waals surface area contributed by atoms with Crippen molar-refractivity contribution in [2.45, 2.75) is 39.7 Å². The van der Waals surface area contributed by atoms with Crippen molar-refractivity contribution in [3.8, 4) is 0 Å². The lowest BCUT2D eigenvalue weighted by molar-refractivity contribution is 0.601. The molecule has 1 N–H and O–H groups in total. The molecule has 0 fully saturated rings. The van der Waals surface area contributed by atoms with Crippen molar-refractivity contribution in [2.24, 2.45) is 0 Å². The van der Waals surface area contributed by atoms with Crippen molar-refractivity contribution in [3.05, 3.63) is 70.5 Å². The molecular formula is C19H24FN. The van der Waals surface area contributed by atoms with E-state index in [2.05, 4.69) is 50.4 Å². The molecule has 2 aromatic rings. The number of aryl methyl sites for hydroxylation is 1. The maximum absolute atomic E-state index is 13.7. The van der Waals surface area contributed by atoms with Crippen LogP contribution in [0.15, 0.2) is 42.5 Å². The zero-order valence-electron chi connectivity index (χ0n) is 13.3. The molecule has 0 aliphatic carbocycles. The van der Waals surface area contributed by atoms with Crippen molar-refractivity contribution in [1.82, 2.24) is 5.32 Å². The van der Waals surface area contributed by atoms with Crippen molar-refractivity contribution in [3.63, 3.8) is 0 Å². The molecule has 0 heterocycles. The quantitative estimate of drug-likeness (QED) is 0.819. The molecule has 1 unspecified atom stereocenters. The van der Waals surface area contributed by atoms with Gasteiger partial charge in [-0.05, 0) is 53.8 Å². The summed E-state index contributed by atoms with van der Waals surface area (Å²) >= 11 is 0. The van der Waals surface area contributed by atoms with Gasteiger partial charge in [0.15, 0.2) is 0 Å². The second kappa shape index (κ2) is 6.86. The summed E-state index contributed by atoms with van der Waals surface area (Å²) in [6.45, 7) is 9.21. The smallest absolute Gasteiger partial charge is 0.123 e. The Morgan fingerprint density at radius 3 is 2.10 bits per heavy atom. The molecule has 112 valence electrons. The third kappa shape index (κ3) is 3.92. The average Bonchev–Trinajstić information content (AvgIpc) is 2.44. The maximum atomic E-state index is 13.7. The van der Waals surface area contributed by atoms with Gasteiger partial charge in [0.05, 0.1) is 6.04 Å². The van der Waals surface area contributed by atoms with E-state index in [-0.39, 0.29) is 11.9 Å². The standard InChI is InChI=1S/C19H24FN/c1-5-21-19(17-10-14(4)11-18(20)12-17)16-8-6-15(7-9-16)13(2)3/h6-13,19,21H,5H2,1-4H3. The molecule has 0 amide bonds. The number of hydrogen-bond donors (Lipinski definition) is 1. The molecule has 0 saturated carbocycles. The van der Waals surface area contributed by atoms with Crippen LogP contribution in [0.4, 0.5) is 4.39 Å². The molecule has 2 heteroatoms. The van der Waals surface area contributed by atoms with E-state index >= 15 is 0 Å².